The predicted molar refractivity (Wildman–Crippen MR) is 137 cm³/mol. The molecule has 5 rings (SSSR count). The van der Waals surface area contributed by atoms with Gasteiger partial charge in [0.1, 0.15) is 18.1 Å². The van der Waals surface area contributed by atoms with E-state index < -0.39 is 42.0 Å². The molecule has 0 saturated heterocycles. The molecule has 0 fully saturated rings. The smallest absolute Gasteiger partial charge is 0.325 e. The molecule has 9 heteroatoms. The topological polar surface area (TPSA) is 132 Å². The van der Waals surface area contributed by atoms with Crippen LogP contribution in [0.2, 0.25) is 0 Å². The molecule has 3 amide bonds. The maximum atomic E-state index is 13.8. The minimum Gasteiger partial charge on any atom is -0.480 e. The zero-order valence-electron chi connectivity index (χ0n) is 20.9. The van der Waals surface area contributed by atoms with Crippen molar-refractivity contribution in [2.75, 3.05) is 0 Å². The molecule has 9 nitrogen and oxygen atoms in total. The Morgan fingerprint density at radius 3 is 2.49 bits per heavy atom. The highest BCUT2D eigenvalue weighted by Crippen LogP contribution is 2.46. The van der Waals surface area contributed by atoms with Crippen LogP contribution in [0.4, 0.5) is 0 Å². The second-order valence-electron chi connectivity index (χ2n) is 10.2. The molecular weight excluding hydrogens is 472 g/mol. The molecule has 2 aromatic carbocycles. The van der Waals surface area contributed by atoms with E-state index in [1.165, 1.54) is 6.92 Å². The fraction of sp³-hybridized carbons (Fsp3) is 0.357. The summed E-state index contributed by atoms with van der Waals surface area (Å²) in [7, 11) is 0. The minimum atomic E-state index is -1.16. The van der Waals surface area contributed by atoms with Gasteiger partial charge in [0.2, 0.25) is 11.8 Å². The number of nitrogens with zero attached hydrogens (tertiary/aromatic N) is 1. The summed E-state index contributed by atoms with van der Waals surface area (Å²) < 4.78 is 0. The molecule has 2 aliphatic heterocycles. The van der Waals surface area contributed by atoms with Gasteiger partial charge in [-0.05, 0) is 42.5 Å². The van der Waals surface area contributed by atoms with Crippen molar-refractivity contribution < 1.29 is 24.3 Å². The number of hydrogen-bond acceptors (Lipinski definition) is 4. The number of carbonyl (C=O) groups is 4. The van der Waals surface area contributed by atoms with Crippen LogP contribution >= 0.6 is 0 Å². The molecule has 0 radical (unpaired) electrons. The van der Waals surface area contributed by atoms with Gasteiger partial charge in [-0.15, -0.1) is 0 Å². The number of carbonyl (C=O) groups excluding carboxylic acids is 3. The molecule has 0 aliphatic carbocycles. The molecule has 0 bridgehead atoms. The fourth-order valence-corrected chi connectivity index (χ4v) is 5.48. The van der Waals surface area contributed by atoms with Gasteiger partial charge in [-0.25, -0.2) is 0 Å². The Morgan fingerprint density at radius 2 is 1.76 bits per heavy atom. The molecule has 0 saturated carbocycles. The lowest BCUT2D eigenvalue weighted by Crippen LogP contribution is -2.57. The Bertz CT molecular complexity index is 1410. The van der Waals surface area contributed by atoms with Crippen LogP contribution in [-0.2, 0) is 20.8 Å². The maximum absolute atomic E-state index is 13.8. The van der Waals surface area contributed by atoms with Gasteiger partial charge in [-0.3, -0.25) is 19.2 Å². The number of nitrogens with one attached hydrogen (secondary N) is 3. The summed E-state index contributed by atoms with van der Waals surface area (Å²) in [6, 6.07) is 11.9. The van der Waals surface area contributed by atoms with Gasteiger partial charge in [-0.2, -0.15) is 0 Å². The number of para-hydroxylation sites is 1. The van der Waals surface area contributed by atoms with E-state index in [-0.39, 0.29) is 11.8 Å². The van der Waals surface area contributed by atoms with Crippen molar-refractivity contribution in [3.63, 3.8) is 0 Å². The Kier molecular flexibility index (Phi) is 6.23. The van der Waals surface area contributed by atoms with Crippen molar-refractivity contribution >= 4 is 34.6 Å². The zero-order valence-corrected chi connectivity index (χ0v) is 20.9. The van der Waals surface area contributed by atoms with Crippen molar-refractivity contribution in [2.24, 2.45) is 5.92 Å². The van der Waals surface area contributed by atoms with Gasteiger partial charge >= 0.3 is 5.97 Å². The number of aromatic nitrogens is 1. The van der Waals surface area contributed by atoms with Crippen molar-refractivity contribution in [1.82, 2.24) is 20.5 Å². The number of aromatic amines is 1. The number of carboxylic acids is 1. The summed E-state index contributed by atoms with van der Waals surface area (Å²) in [6.45, 7) is 5.21. The predicted octanol–water partition coefficient (Wildman–Crippen LogP) is 2.76. The van der Waals surface area contributed by atoms with Crippen LogP contribution in [0.1, 0.15) is 60.4 Å². The highest BCUT2D eigenvalue weighted by Gasteiger charge is 2.49. The Balaban J connectivity index is 1.52. The second kappa shape index (κ2) is 9.38. The molecule has 4 N–H and O–H groups in total. The van der Waals surface area contributed by atoms with Crippen LogP contribution in [0.15, 0.2) is 48.5 Å². The quantitative estimate of drug-likeness (QED) is 0.395. The van der Waals surface area contributed by atoms with Crippen molar-refractivity contribution in [3.8, 4) is 0 Å². The van der Waals surface area contributed by atoms with Crippen molar-refractivity contribution in [2.45, 2.75) is 57.8 Å². The minimum absolute atomic E-state index is 0.0631. The molecule has 4 atom stereocenters. The molecule has 2 aliphatic rings. The van der Waals surface area contributed by atoms with Gasteiger partial charge in [0.05, 0.1) is 6.04 Å². The van der Waals surface area contributed by atoms with Crippen LogP contribution in [0.5, 0.6) is 0 Å². The first-order chi connectivity index (χ1) is 17.7. The number of rotatable bonds is 7. The van der Waals surface area contributed by atoms with E-state index >= 15 is 0 Å². The van der Waals surface area contributed by atoms with Gasteiger partial charge < -0.3 is 25.6 Å². The normalized spacial score (nSPS) is 19.7. The SMILES string of the molecule is CC(C)C[C@H](NC(=O)[C@@H]1Cc2c([nH]c3ccccc23)[C@H]2c3ccccc3C(=O)N21)C(=O)N[C@H](C)C(=O)O. The van der Waals surface area contributed by atoms with E-state index in [4.69, 9.17) is 0 Å². The molecule has 0 unspecified atom stereocenters. The van der Waals surface area contributed by atoms with Crippen molar-refractivity contribution in [1.29, 1.82) is 0 Å². The molecule has 3 heterocycles. The summed E-state index contributed by atoms with van der Waals surface area (Å²) in [5, 5.41) is 15.5. The van der Waals surface area contributed by atoms with Crippen LogP contribution in [0.3, 0.4) is 0 Å². The highest BCUT2D eigenvalue weighted by molar-refractivity contribution is 6.04. The summed E-state index contributed by atoms with van der Waals surface area (Å²) >= 11 is 0. The first-order valence-corrected chi connectivity index (χ1v) is 12.5. The maximum Gasteiger partial charge on any atom is 0.325 e. The Hall–Kier alpha value is -4.14. The molecule has 192 valence electrons. The summed E-state index contributed by atoms with van der Waals surface area (Å²) in [5.74, 6) is -2.33. The van der Waals surface area contributed by atoms with Gasteiger partial charge in [0.15, 0.2) is 0 Å². The number of aliphatic carboxylic acids is 1. The number of carboxylic acid groups (broad SMARTS) is 1. The molecule has 1 aromatic heterocycles. The highest BCUT2D eigenvalue weighted by atomic mass is 16.4. The lowest BCUT2D eigenvalue weighted by molar-refractivity contribution is -0.141. The number of amides is 3. The third kappa shape index (κ3) is 4.24. The molecule has 0 spiro atoms. The fourth-order valence-electron chi connectivity index (χ4n) is 5.48. The van der Waals surface area contributed by atoms with E-state index in [0.717, 1.165) is 27.7 Å². The summed E-state index contributed by atoms with van der Waals surface area (Å²) in [6.07, 6.45) is 0.621. The number of benzene rings is 2. The van der Waals surface area contributed by atoms with Crippen LogP contribution < -0.4 is 10.6 Å². The standard InChI is InChI=1S/C28H30N4O5/c1-14(2)12-21(25(33)29-15(3)28(36)37)31-26(34)22-13-19-16-8-6-7-11-20(16)30-23(19)24-17-9-4-5-10-18(17)27(35)32(22)24/h4-11,14-15,21-22,24,30H,12-13H2,1-3H3,(H,29,33)(H,31,34)(H,36,37)/t15-,21+,22+,24-/m1/s1. The van der Waals surface area contributed by atoms with Crippen molar-refractivity contribution in [3.05, 3.63) is 70.9 Å². The van der Waals surface area contributed by atoms with Crippen LogP contribution in [0, 0.1) is 5.92 Å². The third-order valence-corrected chi connectivity index (χ3v) is 7.22. The largest absolute Gasteiger partial charge is 0.480 e. The number of H-pyrrole nitrogens is 1. The Labute approximate surface area is 214 Å². The average Bonchev–Trinajstić information content (AvgIpc) is 3.38. The van der Waals surface area contributed by atoms with Gasteiger partial charge in [0, 0.05) is 28.6 Å². The first-order valence-electron chi connectivity index (χ1n) is 12.5. The first kappa shape index (κ1) is 24.5. The third-order valence-electron chi connectivity index (χ3n) is 7.22. The number of hydrogen-bond donors (Lipinski definition) is 4. The van der Waals surface area contributed by atoms with Gasteiger partial charge in [-0.1, -0.05) is 50.2 Å². The van der Waals surface area contributed by atoms with E-state index in [2.05, 4.69) is 15.6 Å². The molecule has 3 aromatic rings. The van der Waals surface area contributed by atoms with E-state index in [1.54, 1.807) is 11.0 Å². The summed E-state index contributed by atoms with van der Waals surface area (Å²) in [5.41, 5.74) is 4.21. The number of fused-ring (bicyclic) bond motifs is 7. The average molecular weight is 503 g/mol. The van der Waals surface area contributed by atoms with E-state index in [9.17, 15) is 24.3 Å². The monoisotopic (exact) mass is 502 g/mol. The molecule has 37 heavy (non-hydrogen) atoms. The van der Waals surface area contributed by atoms with Crippen LogP contribution in [0.25, 0.3) is 10.9 Å². The molecular formula is C28H30N4O5. The lowest BCUT2D eigenvalue weighted by Gasteiger charge is -2.38. The van der Waals surface area contributed by atoms with E-state index in [0.29, 0.717) is 18.4 Å². The van der Waals surface area contributed by atoms with Gasteiger partial charge in [0.25, 0.3) is 5.91 Å². The van der Waals surface area contributed by atoms with Crippen LogP contribution in [-0.4, -0.2) is 56.8 Å². The lowest BCUT2D eigenvalue weighted by atomic mass is 9.89. The van der Waals surface area contributed by atoms with E-state index in [1.807, 2.05) is 56.3 Å². The Morgan fingerprint density at radius 1 is 1.05 bits per heavy atom. The second-order valence-corrected chi connectivity index (χ2v) is 10.2. The summed E-state index contributed by atoms with van der Waals surface area (Å²) in [4.78, 5) is 56.7. The zero-order chi connectivity index (χ0) is 26.4.